The molecule has 8 aromatic rings. The molecule has 3 heterocycles. The van der Waals surface area contributed by atoms with Gasteiger partial charge < -0.3 is 13.9 Å². The summed E-state index contributed by atoms with van der Waals surface area (Å²) in [6.45, 7) is 13.2. The van der Waals surface area contributed by atoms with Crippen LogP contribution in [0.4, 0.5) is 0 Å². The van der Waals surface area contributed by atoms with Crippen LogP contribution >= 0.6 is 11.3 Å². The summed E-state index contributed by atoms with van der Waals surface area (Å²) in [6, 6.07) is 45.2. The summed E-state index contributed by atoms with van der Waals surface area (Å²) in [5, 5.41) is 5.11. The van der Waals surface area contributed by atoms with Crippen molar-refractivity contribution in [1.82, 2.24) is 4.57 Å². The van der Waals surface area contributed by atoms with E-state index < -0.39 is 18.3 Å². The van der Waals surface area contributed by atoms with Gasteiger partial charge in [-0.3, -0.25) is 0 Å². The third-order valence-corrected chi connectivity index (χ3v) is 13.0. The number of hydrogen-bond donors (Lipinski definition) is 0. The van der Waals surface area contributed by atoms with Crippen molar-refractivity contribution in [3.05, 3.63) is 132 Å². The maximum Gasteiger partial charge on any atom is 0.494 e. The lowest BCUT2D eigenvalue weighted by atomic mass is 9.78. The molecule has 244 valence electrons. The Morgan fingerprint density at radius 2 is 1.22 bits per heavy atom. The van der Waals surface area contributed by atoms with E-state index in [4.69, 9.17) is 9.31 Å². The van der Waals surface area contributed by atoms with Crippen LogP contribution in [-0.4, -0.2) is 22.9 Å². The molecule has 6 aromatic carbocycles. The summed E-state index contributed by atoms with van der Waals surface area (Å²) in [7, 11) is -0.470. The summed E-state index contributed by atoms with van der Waals surface area (Å²) in [5.74, 6) is 0. The number of benzene rings is 6. The van der Waals surface area contributed by atoms with Crippen molar-refractivity contribution in [3.63, 3.8) is 0 Å². The van der Waals surface area contributed by atoms with E-state index in [0.29, 0.717) is 0 Å². The fraction of sp³-hybridized carbons (Fsp3) is 0.200. The number of hydrogen-bond acceptors (Lipinski definition) is 3. The van der Waals surface area contributed by atoms with Crippen molar-refractivity contribution >= 4 is 65.9 Å². The molecule has 0 saturated carbocycles. The van der Waals surface area contributed by atoms with Gasteiger partial charge in [0.1, 0.15) is 0 Å². The van der Waals surface area contributed by atoms with Crippen molar-refractivity contribution in [2.45, 2.75) is 58.2 Å². The molecule has 0 bridgehead atoms. The van der Waals surface area contributed by atoms with Crippen molar-refractivity contribution in [2.75, 3.05) is 0 Å². The minimum Gasteiger partial charge on any atom is -0.399 e. The molecule has 0 radical (unpaired) electrons. The van der Waals surface area contributed by atoms with Gasteiger partial charge in [-0.05, 0) is 103 Å². The SMILES string of the molecule is CC1(C)c2ccccc2-c2cc3c4ccccc4n(-c4cc(B5OC(C)(C)C(C)(C)O5)ccc4-c4ccc5sc6ccccc6c5c4)c3cc21. The smallest absolute Gasteiger partial charge is 0.399 e. The first-order valence-corrected chi connectivity index (χ1v) is 18.4. The van der Waals surface area contributed by atoms with Crippen LogP contribution < -0.4 is 5.46 Å². The van der Waals surface area contributed by atoms with E-state index >= 15 is 0 Å². The highest BCUT2D eigenvalue weighted by Gasteiger charge is 2.52. The largest absolute Gasteiger partial charge is 0.494 e. The second-order valence-corrected chi connectivity index (χ2v) is 16.7. The summed E-state index contributed by atoms with van der Waals surface area (Å²) >= 11 is 1.86. The first kappa shape index (κ1) is 30.2. The first-order valence-electron chi connectivity index (χ1n) is 17.6. The standard InChI is InChI=1S/C45H38BNO2S/c1-43(2)36-16-10-7-13-30(36)33-25-34-31-14-8-11-17-38(31)47(40(34)26-37(33)43)39-24-28(46-48-44(3,4)45(5,6)49-46)20-21-29(39)27-19-22-42-35(23-27)32-15-9-12-18-41(32)50-42/h7-26H,1-6H3. The maximum atomic E-state index is 6.63. The molecule has 1 saturated heterocycles. The average molecular weight is 668 g/mol. The quantitative estimate of drug-likeness (QED) is 0.175. The molecule has 10 rings (SSSR count). The van der Waals surface area contributed by atoms with Gasteiger partial charge in [-0.15, -0.1) is 11.3 Å². The van der Waals surface area contributed by atoms with Gasteiger partial charge in [0, 0.05) is 41.9 Å². The van der Waals surface area contributed by atoms with Crippen LogP contribution in [0.1, 0.15) is 52.7 Å². The van der Waals surface area contributed by atoms with Gasteiger partial charge in [0.2, 0.25) is 0 Å². The van der Waals surface area contributed by atoms with E-state index in [-0.39, 0.29) is 5.41 Å². The predicted octanol–water partition coefficient (Wildman–Crippen LogP) is 11.4. The highest BCUT2D eigenvalue weighted by atomic mass is 32.1. The molecule has 2 aliphatic rings. The summed E-state index contributed by atoms with van der Waals surface area (Å²) in [4.78, 5) is 0. The van der Waals surface area contributed by atoms with Crippen molar-refractivity contribution in [2.24, 2.45) is 0 Å². The molecular formula is C45H38BNO2S. The third kappa shape index (κ3) is 4.12. The normalized spacial score (nSPS) is 17.3. The predicted molar refractivity (Wildman–Crippen MR) is 212 cm³/mol. The van der Waals surface area contributed by atoms with Crippen molar-refractivity contribution in [1.29, 1.82) is 0 Å². The fourth-order valence-electron chi connectivity index (χ4n) is 8.42. The molecule has 1 aliphatic carbocycles. The fourth-order valence-corrected chi connectivity index (χ4v) is 9.51. The number of thiophene rings is 1. The Kier molecular flexibility index (Phi) is 6.15. The molecule has 2 aromatic heterocycles. The number of para-hydroxylation sites is 1. The molecule has 1 aliphatic heterocycles. The molecule has 0 atom stereocenters. The zero-order chi connectivity index (χ0) is 34.2. The van der Waals surface area contributed by atoms with Gasteiger partial charge >= 0.3 is 7.12 Å². The maximum absolute atomic E-state index is 6.63. The van der Waals surface area contributed by atoms with E-state index in [1.807, 2.05) is 11.3 Å². The molecule has 0 unspecified atom stereocenters. The van der Waals surface area contributed by atoms with E-state index in [1.54, 1.807) is 0 Å². The van der Waals surface area contributed by atoms with Crippen LogP contribution in [0, 0.1) is 0 Å². The van der Waals surface area contributed by atoms with Crippen LogP contribution in [0.3, 0.4) is 0 Å². The summed E-state index contributed by atoms with van der Waals surface area (Å²) < 4.78 is 18.4. The number of nitrogens with zero attached hydrogens (tertiary/aromatic N) is 1. The van der Waals surface area contributed by atoms with Gasteiger partial charge in [0.25, 0.3) is 0 Å². The van der Waals surface area contributed by atoms with Crippen molar-refractivity contribution in [3.8, 4) is 27.9 Å². The van der Waals surface area contributed by atoms with Gasteiger partial charge in [-0.2, -0.15) is 0 Å². The molecule has 0 amide bonds. The van der Waals surface area contributed by atoms with Gasteiger partial charge in [0.15, 0.2) is 0 Å². The molecule has 0 spiro atoms. The highest BCUT2D eigenvalue weighted by Crippen LogP contribution is 2.51. The second-order valence-electron chi connectivity index (χ2n) is 15.6. The van der Waals surface area contributed by atoms with Crippen LogP contribution in [0.25, 0.3) is 69.9 Å². The van der Waals surface area contributed by atoms with Gasteiger partial charge in [-0.1, -0.05) is 92.7 Å². The van der Waals surface area contributed by atoms with E-state index in [2.05, 4.69) is 167 Å². The minimum atomic E-state index is -0.470. The van der Waals surface area contributed by atoms with Crippen LogP contribution in [0.2, 0.25) is 0 Å². The molecule has 1 fully saturated rings. The molecular weight excluding hydrogens is 629 g/mol. The van der Waals surface area contributed by atoms with Gasteiger partial charge in [-0.25, -0.2) is 0 Å². The Labute approximate surface area is 297 Å². The van der Waals surface area contributed by atoms with Gasteiger partial charge in [0.05, 0.1) is 27.9 Å². The van der Waals surface area contributed by atoms with Crippen molar-refractivity contribution < 1.29 is 9.31 Å². The number of rotatable bonds is 3. The summed E-state index contributed by atoms with van der Waals surface area (Å²) in [6.07, 6.45) is 0. The lowest BCUT2D eigenvalue weighted by Gasteiger charge is -2.32. The topological polar surface area (TPSA) is 23.4 Å². The first-order chi connectivity index (χ1) is 24.0. The molecule has 3 nitrogen and oxygen atoms in total. The molecule has 0 N–H and O–H groups in total. The minimum absolute atomic E-state index is 0.111. The third-order valence-electron chi connectivity index (χ3n) is 11.9. The highest BCUT2D eigenvalue weighted by molar-refractivity contribution is 7.25. The van der Waals surface area contributed by atoms with E-state index in [0.717, 1.165) is 11.2 Å². The number of fused-ring (bicyclic) bond motifs is 9. The molecule has 50 heavy (non-hydrogen) atoms. The Morgan fingerprint density at radius 1 is 0.520 bits per heavy atom. The van der Waals surface area contributed by atoms with Crippen LogP contribution in [0.5, 0.6) is 0 Å². The Morgan fingerprint density at radius 3 is 2.04 bits per heavy atom. The Balaban J connectivity index is 1.27. The Bertz CT molecular complexity index is 2700. The monoisotopic (exact) mass is 667 g/mol. The average Bonchev–Trinajstić information content (AvgIpc) is 3.78. The second kappa shape index (κ2) is 10.2. The Hall–Kier alpha value is -4.68. The number of aromatic nitrogens is 1. The molecule has 5 heteroatoms. The van der Waals surface area contributed by atoms with Crippen LogP contribution in [-0.2, 0) is 14.7 Å². The van der Waals surface area contributed by atoms with E-state index in [1.165, 1.54) is 75.4 Å². The van der Waals surface area contributed by atoms with E-state index in [9.17, 15) is 0 Å². The zero-order valence-corrected chi connectivity index (χ0v) is 30.1. The lowest BCUT2D eigenvalue weighted by Crippen LogP contribution is -2.41. The summed E-state index contributed by atoms with van der Waals surface area (Å²) in [5.41, 5.74) is 11.3. The lowest BCUT2D eigenvalue weighted by molar-refractivity contribution is 0.00578. The zero-order valence-electron chi connectivity index (χ0n) is 29.3. The van der Waals surface area contributed by atoms with Crippen LogP contribution in [0.15, 0.2) is 121 Å².